The topological polar surface area (TPSA) is 62.2 Å². The van der Waals surface area contributed by atoms with E-state index in [9.17, 15) is 13.6 Å². The Hall–Kier alpha value is -1.97. The van der Waals surface area contributed by atoms with Crippen LogP contribution >= 0.6 is 11.8 Å². The molecule has 9 heteroatoms. The summed E-state index contributed by atoms with van der Waals surface area (Å²) in [6.07, 6.45) is 3.61. The monoisotopic (exact) mass is 381 g/mol. The van der Waals surface area contributed by atoms with Gasteiger partial charge < -0.3 is 15.2 Å². The Kier molecular flexibility index (Phi) is 6.23. The molecule has 6 nitrogen and oxygen atoms in total. The first kappa shape index (κ1) is 18.8. The smallest absolute Gasteiger partial charge is 0.288 e. The molecule has 3 rings (SSSR count). The molecule has 1 saturated heterocycles. The summed E-state index contributed by atoms with van der Waals surface area (Å²) in [6, 6.07) is 6.59. The van der Waals surface area contributed by atoms with E-state index >= 15 is 0 Å². The van der Waals surface area contributed by atoms with Crippen LogP contribution in [-0.2, 0) is 11.8 Å². The number of nitrogens with zero attached hydrogens (tertiary/aromatic N) is 3. The number of carbonyl (C=O) groups excluding carboxylic acids is 1. The second-order valence-electron chi connectivity index (χ2n) is 6.01. The second kappa shape index (κ2) is 8.61. The molecule has 1 atom stereocenters. The number of hydrogen-bond donors (Lipinski definition) is 2. The van der Waals surface area contributed by atoms with Crippen LogP contribution in [0.1, 0.15) is 11.9 Å². The Morgan fingerprint density at radius 1 is 1.46 bits per heavy atom. The molecule has 1 aromatic heterocycles. The van der Waals surface area contributed by atoms with Crippen LogP contribution in [0.4, 0.5) is 14.5 Å². The molecule has 1 aromatic carbocycles. The Morgan fingerprint density at radius 3 is 3.00 bits per heavy atom. The van der Waals surface area contributed by atoms with E-state index in [1.54, 1.807) is 30.5 Å². The van der Waals surface area contributed by atoms with Crippen molar-refractivity contribution in [3.05, 3.63) is 42.5 Å². The number of anilines is 1. The van der Waals surface area contributed by atoms with Gasteiger partial charge in [0.2, 0.25) is 5.91 Å². The highest BCUT2D eigenvalue weighted by Crippen LogP contribution is 2.31. The number of alkyl halides is 2. The van der Waals surface area contributed by atoms with Crippen molar-refractivity contribution in [1.29, 1.82) is 0 Å². The lowest BCUT2D eigenvalue weighted by Gasteiger charge is -2.35. The molecular formula is C17H21F2N5OS. The van der Waals surface area contributed by atoms with Gasteiger partial charge in [0.25, 0.3) is 5.76 Å². The molecule has 0 radical (unpaired) electrons. The number of halogens is 2. The van der Waals surface area contributed by atoms with Crippen molar-refractivity contribution < 1.29 is 13.6 Å². The maximum absolute atomic E-state index is 12.7. The summed E-state index contributed by atoms with van der Waals surface area (Å²) in [5.41, 5.74) is 0.409. The lowest BCUT2D eigenvalue weighted by Crippen LogP contribution is -2.49. The fourth-order valence-electron chi connectivity index (χ4n) is 3.03. The van der Waals surface area contributed by atoms with Crippen molar-refractivity contribution in [2.75, 3.05) is 31.5 Å². The molecule has 0 bridgehead atoms. The molecule has 0 aliphatic carbocycles. The zero-order valence-electron chi connectivity index (χ0n) is 14.4. The summed E-state index contributed by atoms with van der Waals surface area (Å²) in [6.45, 7) is 2.37. The van der Waals surface area contributed by atoms with E-state index < -0.39 is 5.76 Å². The SMILES string of the molecule is Cn1ccnc1C1CNCCN1CC(=O)Nc1ccccc1SC(F)F. The minimum atomic E-state index is -2.53. The number of aromatic nitrogens is 2. The average Bonchev–Trinajstić information content (AvgIpc) is 3.02. The molecule has 2 aromatic rings. The van der Waals surface area contributed by atoms with Crippen LogP contribution in [-0.4, -0.2) is 52.3 Å². The maximum atomic E-state index is 12.7. The number of amides is 1. The summed E-state index contributed by atoms with van der Waals surface area (Å²) in [5.74, 6) is -1.87. The second-order valence-corrected chi connectivity index (χ2v) is 7.04. The van der Waals surface area contributed by atoms with Gasteiger partial charge in [-0.15, -0.1) is 0 Å². The van der Waals surface area contributed by atoms with Crippen LogP contribution in [0, 0.1) is 0 Å². The summed E-state index contributed by atoms with van der Waals surface area (Å²) in [4.78, 5) is 19.3. The summed E-state index contributed by atoms with van der Waals surface area (Å²) >= 11 is 0.429. The van der Waals surface area contributed by atoms with E-state index in [4.69, 9.17) is 0 Å². The van der Waals surface area contributed by atoms with Gasteiger partial charge >= 0.3 is 0 Å². The highest BCUT2D eigenvalue weighted by Gasteiger charge is 2.28. The Morgan fingerprint density at radius 2 is 2.27 bits per heavy atom. The number of para-hydroxylation sites is 1. The van der Waals surface area contributed by atoms with Gasteiger partial charge in [0.15, 0.2) is 0 Å². The van der Waals surface area contributed by atoms with E-state index in [0.717, 1.165) is 12.4 Å². The third-order valence-corrected chi connectivity index (χ3v) is 5.02. The third kappa shape index (κ3) is 4.60. The zero-order valence-corrected chi connectivity index (χ0v) is 15.2. The van der Waals surface area contributed by atoms with Crippen molar-refractivity contribution in [2.45, 2.75) is 16.7 Å². The Bertz CT molecular complexity index is 754. The zero-order chi connectivity index (χ0) is 18.5. The van der Waals surface area contributed by atoms with Gasteiger partial charge in [-0.25, -0.2) is 4.98 Å². The fraction of sp³-hybridized carbons (Fsp3) is 0.412. The van der Waals surface area contributed by atoms with E-state index in [0.29, 0.717) is 35.4 Å². The molecule has 1 unspecified atom stereocenters. The predicted molar refractivity (Wildman–Crippen MR) is 97.3 cm³/mol. The van der Waals surface area contributed by atoms with Crippen LogP contribution in [0.3, 0.4) is 0 Å². The van der Waals surface area contributed by atoms with E-state index in [-0.39, 0.29) is 18.5 Å². The van der Waals surface area contributed by atoms with Crippen molar-refractivity contribution >= 4 is 23.4 Å². The van der Waals surface area contributed by atoms with Crippen LogP contribution in [0.5, 0.6) is 0 Å². The van der Waals surface area contributed by atoms with Crippen molar-refractivity contribution in [1.82, 2.24) is 19.8 Å². The number of imidazole rings is 1. The van der Waals surface area contributed by atoms with Crippen LogP contribution in [0.25, 0.3) is 0 Å². The molecule has 26 heavy (non-hydrogen) atoms. The Labute approximate surface area is 155 Å². The molecule has 1 fully saturated rings. The van der Waals surface area contributed by atoms with Gasteiger partial charge in [0.1, 0.15) is 5.82 Å². The summed E-state index contributed by atoms with van der Waals surface area (Å²) in [5, 5.41) is 6.08. The Balaban J connectivity index is 1.68. The first-order valence-electron chi connectivity index (χ1n) is 8.30. The number of carbonyl (C=O) groups is 1. The van der Waals surface area contributed by atoms with E-state index in [1.165, 1.54) is 0 Å². The highest BCUT2D eigenvalue weighted by molar-refractivity contribution is 7.99. The van der Waals surface area contributed by atoms with Gasteiger partial charge in [-0.1, -0.05) is 23.9 Å². The van der Waals surface area contributed by atoms with Gasteiger partial charge in [0.05, 0.1) is 18.3 Å². The van der Waals surface area contributed by atoms with Gasteiger partial charge in [-0.05, 0) is 12.1 Å². The molecule has 1 aliphatic heterocycles. The minimum Gasteiger partial charge on any atom is -0.337 e. The standard InChI is InChI=1S/C17H21F2N5OS/c1-23-8-7-21-16(23)13-10-20-6-9-24(13)11-15(25)22-12-4-2-3-5-14(12)26-17(18)19/h2-5,7-8,13,17,20H,6,9-11H2,1H3,(H,22,25). The van der Waals surface area contributed by atoms with Crippen LogP contribution < -0.4 is 10.6 Å². The highest BCUT2D eigenvalue weighted by atomic mass is 32.2. The van der Waals surface area contributed by atoms with Crippen molar-refractivity contribution in [3.8, 4) is 0 Å². The first-order chi connectivity index (χ1) is 12.5. The van der Waals surface area contributed by atoms with Gasteiger partial charge in [0, 0.05) is 44.0 Å². The number of thioether (sulfide) groups is 1. The predicted octanol–water partition coefficient (Wildman–Crippen LogP) is 2.32. The normalized spacial score (nSPS) is 18.2. The van der Waals surface area contributed by atoms with Gasteiger partial charge in [-0.2, -0.15) is 8.78 Å². The quantitative estimate of drug-likeness (QED) is 0.752. The lowest BCUT2D eigenvalue weighted by molar-refractivity contribution is -0.118. The minimum absolute atomic E-state index is 0.0137. The molecule has 2 heterocycles. The molecule has 2 N–H and O–H groups in total. The molecule has 1 aliphatic rings. The number of piperazine rings is 1. The number of rotatable bonds is 6. The average molecular weight is 381 g/mol. The molecular weight excluding hydrogens is 360 g/mol. The van der Waals surface area contributed by atoms with Crippen LogP contribution in [0.15, 0.2) is 41.6 Å². The third-order valence-electron chi connectivity index (χ3n) is 4.23. The number of hydrogen-bond acceptors (Lipinski definition) is 5. The fourth-order valence-corrected chi connectivity index (χ4v) is 3.63. The lowest BCUT2D eigenvalue weighted by atomic mass is 10.1. The van der Waals surface area contributed by atoms with Crippen LogP contribution in [0.2, 0.25) is 0 Å². The maximum Gasteiger partial charge on any atom is 0.288 e. The van der Waals surface area contributed by atoms with Crippen molar-refractivity contribution in [2.24, 2.45) is 7.05 Å². The molecule has 0 saturated carbocycles. The van der Waals surface area contributed by atoms with E-state index in [2.05, 4.69) is 20.5 Å². The number of benzene rings is 1. The van der Waals surface area contributed by atoms with Crippen molar-refractivity contribution in [3.63, 3.8) is 0 Å². The first-order valence-corrected chi connectivity index (χ1v) is 9.18. The van der Waals surface area contributed by atoms with Gasteiger partial charge in [-0.3, -0.25) is 9.69 Å². The number of nitrogens with one attached hydrogen (secondary N) is 2. The van der Waals surface area contributed by atoms with E-state index in [1.807, 2.05) is 17.8 Å². The molecule has 1 amide bonds. The summed E-state index contributed by atoms with van der Waals surface area (Å²) < 4.78 is 27.3. The molecule has 0 spiro atoms. The largest absolute Gasteiger partial charge is 0.337 e. The number of aryl methyl sites for hydroxylation is 1. The summed E-state index contributed by atoms with van der Waals surface area (Å²) in [7, 11) is 1.92. The molecule has 140 valence electrons.